The summed E-state index contributed by atoms with van der Waals surface area (Å²) in [4.78, 5) is 10.2. The van der Waals surface area contributed by atoms with Gasteiger partial charge in [-0.05, 0) is 6.92 Å². The molecule has 1 atom stereocenters. The monoisotopic (exact) mass is 190 g/mol. The molecule has 0 amide bonds. The molecule has 14 heavy (non-hydrogen) atoms. The lowest BCUT2D eigenvalue weighted by molar-refractivity contribution is -0.133. The molecule has 0 aliphatic carbocycles. The first-order valence-corrected chi connectivity index (χ1v) is 4.34. The van der Waals surface area contributed by atoms with Crippen LogP contribution in [-0.4, -0.2) is 16.7 Å². The van der Waals surface area contributed by atoms with Gasteiger partial charge in [-0.1, -0.05) is 18.2 Å². The first kappa shape index (κ1) is 8.74. The number of aromatic nitrogens is 2. The number of H-pyrrole nitrogens is 1. The fourth-order valence-electron chi connectivity index (χ4n) is 1.49. The Hall–Kier alpha value is -1.84. The standard InChI is InChI=1S/C10H10N2O2/c1-7(14-6-13)9-4-2-3-8-5-11-12-10(8)9/h2-7H,1H3,(H,11,12). The van der Waals surface area contributed by atoms with Crippen LogP contribution >= 0.6 is 0 Å². The van der Waals surface area contributed by atoms with Gasteiger partial charge >= 0.3 is 0 Å². The number of benzene rings is 1. The first-order valence-electron chi connectivity index (χ1n) is 4.34. The number of nitrogens with one attached hydrogen (secondary N) is 1. The fraction of sp³-hybridized carbons (Fsp3) is 0.200. The second-order valence-corrected chi connectivity index (χ2v) is 3.06. The second-order valence-electron chi connectivity index (χ2n) is 3.06. The summed E-state index contributed by atoms with van der Waals surface area (Å²) in [5.41, 5.74) is 1.86. The molecule has 1 heterocycles. The van der Waals surface area contributed by atoms with Crippen molar-refractivity contribution in [3.05, 3.63) is 30.0 Å². The third-order valence-corrected chi connectivity index (χ3v) is 2.21. The second kappa shape index (κ2) is 3.49. The maximum absolute atomic E-state index is 10.2. The Morgan fingerprint density at radius 2 is 2.43 bits per heavy atom. The predicted octanol–water partition coefficient (Wildman–Crippen LogP) is 1.80. The number of para-hydroxylation sites is 1. The smallest absolute Gasteiger partial charge is 0.293 e. The molecule has 1 N–H and O–H groups in total. The average molecular weight is 190 g/mol. The van der Waals surface area contributed by atoms with Crippen LogP contribution in [-0.2, 0) is 9.53 Å². The van der Waals surface area contributed by atoms with E-state index in [1.807, 2.05) is 25.1 Å². The molecule has 2 aromatic rings. The summed E-state index contributed by atoms with van der Waals surface area (Å²) in [7, 11) is 0. The van der Waals surface area contributed by atoms with E-state index in [0.717, 1.165) is 16.5 Å². The van der Waals surface area contributed by atoms with Crippen LogP contribution in [0.4, 0.5) is 0 Å². The van der Waals surface area contributed by atoms with E-state index in [2.05, 4.69) is 10.2 Å². The molecule has 0 saturated heterocycles. The average Bonchev–Trinajstić information content (AvgIpc) is 2.65. The maximum atomic E-state index is 10.2. The molecule has 0 bridgehead atoms. The van der Waals surface area contributed by atoms with Crippen molar-refractivity contribution >= 4 is 17.4 Å². The van der Waals surface area contributed by atoms with Crippen LogP contribution in [0.3, 0.4) is 0 Å². The number of carbonyl (C=O) groups excluding carboxylic acids is 1. The number of hydrogen-bond acceptors (Lipinski definition) is 3. The Labute approximate surface area is 80.9 Å². The third-order valence-electron chi connectivity index (χ3n) is 2.21. The first-order chi connectivity index (χ1) is 6.83. The molecule has 72 valence electrons. The summed E-state index contributed by atoms with van der Waals surface area (Å²) in [6, 6.07) is 5.78. The highest BCUT2D eigenvalue weighted by atomic mass is 16.5. The fourth-order valence-corrected chi connectivity index (χ4v) is 1.49. The van der Waals surface area contributed by atoms with Crippen LogP contribution in [0.25, 0.3) is 10.9 Å². The summed E-state index contributed by atoms with van der Waals surface area (Å²) in [6.07, 6.45) is 1.49. The lowest BCUT2D eigenvalue weighted by Gasteiger charge is -2.09. The molecule has 0 saturated carbocycles. The highest BCUT2D eigenvalue weighted by Gasteiger charge is 2.10. The molecule has 1 aromatic carbocycles. The summed E-state index contributed by atoms with van der Waals surface area (Å²) in [5, 5.41) is 7.83. The Kier molecular flexibility index (Phi) is 2.18. The number of hydrogen-bond donors (Lipinski definition) is 1. The normalized spacial score (nSPS) is 12.6. The maximum Gasteiger partial charge on any atom is 0.293 e. The van der Waals surface area contributed by atoms with Crippen molar-refractivity contribution in [1.29, 1.82) is 0 Å². The van der Waals surface area contributed by atoms with Crippen molar-refractivity contribution in [2.75, 3.05) is 0 Å². The van der Waals surface area contributed by atoms with Gasteiger partial charge in [-0.2, -0.15) is 5.10 Å². The highest BCUT2D eigenvalue weighted by molar-refractivity contribution is 5.81. The Bertz CT molecular complexity index is 450. The number of aromatic amines is 1. The Morgan fingerprint density at radius 1 is 1.57 bits per heavy atom. The quantitative estimate of drug-likeness (QED) is 0.751. The van der Waals surface area contributed by atoms with Crippen molar-refractivity contribution in [3.63, 3.8) is 0 Å². The molecule has 0 aliphatic rings. The van der Waals surface area contributed by atoms with E-state index in [0.29, 0.717) is 6.47 Å². The minimum Gasteiger partial charge on any atom is -0.460 e. The van der Waals surface area contributed by atoms with Crippen LogP contribution in [0.15, 0.2) is 24.4 Å². The number of nitrogens with zero attached hydrogens (tertiary/aromatic N) is 1. The zero-order valence-electron chi connectivity index (χ0n) is 7.73. The van der Waals surface area contributed by atoms with Crippen LogP contribution < -0.4 is 0 Å². The third kappa shape index (κ3) is 1.35. The van der Waals surface area contributed by atoms with Gasteiger partial charge in [0.2, 0.25) is 0 Å². The summed E-state index contributed by atoms with van der Waals surface area (Å²) >= 11 is 0. The summed E-state index contributed by atoms with van der Waals surface area (Å²) < 4.78 is 4.88. The van der Waals surface area contributed by atoms with E-state index in [9.17, 15) is 4.79 Å². The van der Waals surface area contributed by atoms with E-state index < -0.39 is 0 Å². The van der Waals surface area contributed by atoms with Crippen molar-refractivity contribution in [2.45, 2.75) is 13.0 Å². The molecule has 0 aliphatic heterocycles. The van der Waals surface area contributed by atoms with E-state index in [-0.39, 0.29) is 6.10 Å². The van der Waals surface area contributed by atoms with Crippen molar-refractivity contribution in [1.82, 2.24) is 10.2 Å². The van der Waals surface area contributed by atoms with Crippen molar-refractivity contribution < 1.29 is 9.53 Å². The van der Waals surface area contributed by atoms with Gasteiger partial charge in [0.15, 0.2) is 0 Å². The topological polar surface area (TPSA) is 55.0 Å². The Balaban J connectivity index is 2.50. The molecule has 1 unspecified atom stereocenters. The van der Waals surface area contributed by atoms with E-state index >= 15 is 0 Å². The van der Waals surface area contributed by atoms with Gasteiger partial charge in [-0.15, -0.1) is 0 Å². The van der Waals surface area contributed by atoms with Gasteiger partial charge in [0, 0.05) is 10.9 Å². The molecule has 0 spiro atoms. The van der Waals surface area contributed by atoms with Crippen molar-refractivity contribution in [3.8, 4) is 0 Å². The van der Waals surface area contributed by atoms with E-state index in [1.54, 1.807) is 6.20 Å². The van der Waals surface area contributed by atoms with Crippen LogP contribution in [0, 0.1) is 0 Å². The SMILES string of the molecule is CC(OC=O)c1cccc2cn[nH]c12. The highest BCUT2D eigenvalue weighted by Crippen LogP contribution is 2.23. The molecule has 4 heteroatoms. The molecule has 4 nitrogen and oxygen atoms in total. The van der Waals surface area contributed by atoms with E-state index in [1.165, 1.54) is 0 Å². The molecular formula is C10H10N2O2. The summed E-state index contributed by atoms with van der Waals surface area (Å²) in [6.45, 7) is 2.28. The minimum absolute atomic E-state index is 0.253. The predicted molar refractivity (Wildman–Crippen MR) is 51.7 cm³/mol. The Morgan fingerprint density at radius 3 is 3.21 bits per heavy atom. The van der Waals surface area contributed by atoms with Crippen molar-refractivity contribution in [2.24, 2.45) is 0 Å². The van der Waals surface area contributed by atoms with E-state index in [4.69, 9.17) is 4.74 Å². The number of ether oxygens (including phenoxy) is 1. The summed E-state index contributed by atoms with van der Waals surface area (Å²) in [5.74, 6) is 0. The zero-order chi connectivity index (χ0) is 9.97. The lowest BCUT2D eigenvalue weighted by Crippen LogP contribution is -1.98. The largest absolute Gasteiger partial charge is 0.460 e. The zero-order valence-corrected chi connectivity index (χ0v) is 7.73. The molecular weight excluding hydrogens is 180 g/mol. The molecule has 2 rings (SSSR count). The van der Waals surface area contributed by atoms with Crippen LogP contribution in [0.5, 0.6) is 0 Å². The van der Waals surface area contributed by atoms with Crippen LogP contribution in [0.1, 0.15) is 18.6 Å². The number of fused-ring (bicyclic) bond motifs is 1. The van der Waals surface area contributed by atoms with Crippen LogP contribution in [0.2, 0.25) is 0 Å². The number of carbonyl (C=O) groups is 1. The minimum atomic E-state index is -0.253. The van der Waals surface area contributed by atoms with Gasteiger partial charge in [-0.25, -0.2) is 0 Å². The van der Waals surface area contributed by atoms with Gasteiger partial charge in [-0.3, -0.25) is 9.89 Å². The number of rotatable bonds is 3. The molecule has 0 radical (unpaired) electrons. The molecule has 0 fully saturated rings. The van der Waals surface area contributed by atoms with Gasteiger partial charge < -0.3 is 4.74 Å². The van der Waals surface area contributed by atoms with Gasteiger partial charge in [0.1, 0.15) is 6.10 Å². The van der Waals surface area contributed by atoms with Gasteiger partial charge in [0.25, 0.3) is 6.47 Å². The van der Waals surface area contributed by atoms with Gasteiger partial charge in [0.05, 0.1) is 11.7 Å². The molecule has 1 aromatic heterocycles. The lowest BCUT2D eigenvalue weighted by atomic mass is 10.1.